The molecule has 2 N–H and O–H groups in total. The average Bonchev–Trinajstić information content (AvgIpc) is 2.37. The molecule has 1 atom stereocenters. The lowest BCUT2D eigenvalue weighted by Gasteiger charge is -2.15. The van der Waals surface area contributed by atoms with Gasteiger partial charge in [0, 0.05) is 9.50 Å². The van der Waals surface area contributed by atoms with E-state index in [0.29, 0.717) is 16.1 Å². The Bertz CT molecular complexity index is 611. The second-order valence-corrected chi connectivity index (χ2v) is 5.59. The van der Waals surface area contributed by atoms with Crippen LogP contribution in [0.3, 0.4) is 0 Å². The molecule has 0 aliphatic heterocycles. The Morgan fingerprint density at radius 1 is 1.05 bits per heavy atom. The molecule has 20 heavy (non-hydrogen) atoms. The second-order valence-electron chi connectivity index (χ2n) is 4.26. The SMILES string of the molecule is NC(c1ccc(C(F)(F)F)cc1)c1ccc(Br)cc1Cl. The van der Waals surface area contributed by atoms with Crippen LogP contribution in [0.5, 0.6) is 0 Å². The van der Waals surface area contributed by atoms with Crippen LogP contribution in [-0.4, -0.2) is 0 Å². The highest BCUT2D eigenvalue weighted by Crippen LogP contribution is 2.32. The lowest BCUT2D eigenvalue weighted by molar-refractivity contribution is -0.137. The van der Waals surface area contributed by atoms with Crippen molar-refractivity contribution in [2.75, 3.05) is 0 Å². The summed E-state index contributed by atoms with van der Waals surface area (Å²) in [6.45, 7) is 0. The second kappa shape index (κ2) is 5.76. The van der Waals surface area contributed by atoms with Crippen LogP contribution in [0.4, 0.5) is 13.2 Å². The molecule has 0 saturated heterocycles. The average molecular weight is 365 g/mol. The van der Waals surface area contributed by atoms with Crippen LogP contribution in [0.1, 0.15) is 22.7 Å². The number of alkyl halides is 3. The van der Waals surface area contributed by atoms with Gasteiger partial charge in [-0.15, -0.1) is 0 Å². The molecule has 2 rings (SSSR count). The number of halogens is 5. The zero-order chi connectivity index (χ0) is 14.9. The van der Waals surface area contributed by atoms with Crippen LogP contribution in [0.2, 0.25) is 5.02 Å². The van der Waals surface area contributed by atoms with E-state index in [1.807, 2.05) is 0 Å². The first kappa shape index (κ1) is 15.4. The molecule has 0 bridgehead atoms. The first-order valence-corrected chi connectivity index (χ1v) is 6.84. The van der Waals surface area contributed by atoms with Gasteiger partial charge in [-0.25, -0.2) is 0 Å². The van der Waals surface area contributed by atoms with Crippen molar-refractivity contribution in [1.29, 1.82) is 0 Å². The summed E-state index contributed by atoms with van der Waals surface area (Å²) in [4.78, 5) is 0. The first-order valence-electron chi connectivity index (χ1n) is 5.66. The van der Waals surface area contributed by atoms with Gasteiger partial charge in [0.25, 0.3) is 0 Å². The highest BCUT2D eigenvalue weighted by Gasteiger charge is 2.30. The van der Waals surface area contributed by atoms with Crippen LogP contribution < -0.4 is 5.73 Å². The van der Waals surface area contributed by atoms with Crippen LogP contribution >= 0.6 is 27.5 Å². The molecule has 0 aliphatic carbocycles. The van der Waals surface area contributed by atoms with Crippen LogP contribution in [0.15, 0.2) is 46.9 Å². The zero-order valence-electron chi connectivity index (χ0n) is 10.1. The maximum absolute atomic E-state index is 12.5. The predicted molar refractivity (Wildman–Crippen MR) is 76.6 cm³/mol. The number of benzene rings is 2. The summed E-state index contributed by atoms with van der Waals surface area (Å²) in [7, 11) is 0. The van der Waals surface area contributed by atoms with Crippen molar-refractivity contribution in [2.45, 2.75) is 12.2 Å². The number of hydrogen-bond donors (Lipinski definition) is 1. The van der Waals surface area contributed by atoms with E-state index in [-0.39, 0.29) is 0 Å². The molecule has 2 aromatic carbocycles. The van der Waals surface area contributed by atoms with E-state index in [9.17, 15) is 13.2 Å². The number of nitrogens with two attached hydrogens (primary N) is 1. The van der Waals surface area contributed by atoms with E-state index in [1.54, 1.807) is 18.2 Å². The summed E-state index contributed by atoms with van der Waals surface area (Å²) in [5.41, 5.74) is 6.58. The third-order valence-electron chi connectivity index (χ3n) is 2.89. The highest BCUT2D eigenvalue weighted by atomic mass is 79.9. The standard InChI is InChI=1S/C14H10BrClF3N/c15-10-5-6-11(12(16)7-10)13(20)8-1-3-9(4-2-8)14(17,18)19/h1-7,13H,20H2. The summed E-state index contributed by atoms with van der Waals surface area (Å²) >= 11 is 9.37. The lowest BCUT2D eigenvalue weighted by atomic mass is 9.98. The van der Waals surface area contributed by atoms with Crippen molar-refractivity contribution in [2.24, 2.45) is 5.73 Å². The Morgan fingerprint density at radius 2 is 1.65 bits per heavy atom. The molecule has 2 aromatic rings. The smallest absolute Gasteiger partial charge is 0.320 e. The molecule has 0 aromatic heterocycles. The maximum Gasteiger partial charge on any atom is 0.416 e. The minimum absolute atomic E-state index is 0.465. The molecule has 6 heteroatoms. The molecule has 0 radical (unpaired) electrons. The quantitative estimate of drug-likeness (QED) is 0.782. The van der Waals surface area contributed by atoms with E-state index < -0.39 is 17.8 Å². The minimum atomic E-state index is -4.35. The van der Waals surface area contributed by atoms with Crippen molar-refractivity contribution < 1.29 is 13.2 Å². The predicted octanol–water partition coefficient (Wildman–Crippen LogP) is 5.17. The molecule has 1 nitrogen and oxygen atoms in total. The van der Waals surface area contributed by atoms with Gasteiger partial charge in [-0.1, -0.05) is 45.7 Å². The highest BCUT2D eigenvalue weighted by molar-refractivity contribution is 9.10. The van der Waals surface area contributed by atoms with Gasteiger partial charge in [0.2, 0.25) is 0 Å². The van der Waals surface area contributed by atoms with E-state index >= 15 is 0 Å². The third-order valence-corrected chi connectivity index (χ3v) is 3.72. The molecular formula is C14H10BrClF3N. The third kappa shape index (κ3) is 3.34. The van der Waals surface area contributed by atoms with Crippen molar-refractivity contribution in [3.05, 3.63) is 68.7 Å². The summed E-state index contributed by atoms with van der Waals surface area (Å²) in [5.74, 6) is 0. The maximum atomic E-state index is 12.5. The van der Waals surface area contributed by atoms with Gasteiger partial charge in [-0.05, 0) is 35.4 Å². The molecule has 106 valence electrons. The Morgan fingerprint density at radius 3 is 2.15 bits per heavy atom. The van der Waals surface area contributed by atoms with E-state index in [1.165, 1.54) is 12.1 Å². The first-order chi connectivity index (χ1) is 9.29. The fourth-order valence-electron chi connectivity index (χ4n) is 1.81. The van der Waals surface area contributed by atoms with Gasteiger partial charge in [0.15, 0.2) is 0 Å². The molecule has 0 saturated carbocycles. The van der Waals surface area contributed by atoms with Crippen LogP contribution in [0.25, 0.3) is 0 Å². The summed E-state index contributed by atoms with van der Waals surface area (Å²) < 4.78 is 38.3. The molecule has 0 amide bonds. The Balaban J connectivity index is 2.31. The van der Waals surface area contributed by atoms with Gasteiger partial charge in [0.05, 0.1) is 11.6 Å². The van der Waals surface area contributed by atoms with Gasteiger partial charge in [0.1, 0.15) is 0 Å². The van der Waals surface area contributed by atoms with Crippen molar-refractivity contribution in [3.8, 4) is 0 Å². The molecule has 1 unspecified atom stereocenters. The van der Waals surface area contributed by atoms with Gasteiger partial charge >= 0.3 is 6.18 Å². The minimum Gasteiger partial charge on any atom is -0.320 e. The molecule has 0 aliphatic rings. The van der Waals surface area contributed by atoms with Gasteiger partial charge in [-0.2, -0.15) is 13.2 Å². The summed E-state index contributed by atoms with van der Waals surface area (Å²) in [5, 5.41) is 0.465. The number of rotatable bonds is 2. The fourth-order valence-corrected chi connectivity index (χ4v) is 2.60. The monoisotopic (exact) mass is 363 g/mol. The number of hydrogen-bond acceptors (Lipinski definition) is 1. The van der Waals surface area contributed by atoms with Crippen molar-refractivity contribution >= 4 is 27.5 Å². The summed E-state index contributed by atoms with van der Waals surface area (Å²) in [6, 6.07) is 9.42. The topological polar surface area (TPSA) is 26.0 Å². The molecule has 0 heterocycles. The van der Waals surface area contributed by atoms with Crippen LogP contribution in [-0.2, 0) is 6.18 Å². The largest absolute Gasteiger partial charge is 0.416 e. The fraction of sp³-hybridized carbons (Fsp3) is 0.143. The van der Waals surface area contributed by atoms with Crippen molar-refractivity contribution in [1.82, 2.24) is 0 Å². The molecule has 0 fully saturated rings. The Hall–Kier alpha value is -1.04. The van der Waals surface area contributed by atoms with Gasteiger partial charge in [-0.3, -0.25) is 0 Å². The Labute approximate surface area is 127 Å². The zero-order valence-corrected chi connectivity index (χ0v) is 12.4. The van der Waals surface area contributed by atoms with Crippen molar-refractivity contribution in [3.63, 3.8) is 0 Å². The molecule has 0 spiro atoms. The summed E-state index contributed by atoms with van der Waals surface area (Å²) in [6.07, 6.45) is -4.35. The van der Waals surface area contributed by atoms with E-state index in [0.717, 1.165) is 16.6 Å². The van der Waals surface area contributed by atoms with Crippen LogP contribution in [0, 0.1) is 0 Å². The molecular weight excluding hydrogens is 355 g/mol. The lowest BCUT2D eigenvalue weighted by Crippen LogP contribution is -2.13. The normalized spacial score (nSPS) is 13.3. The van der Waals surface area contributed by atoms with Gasteiger partial charge < -0.3 is 5.73 Å². The van der Waals surface area contributed by atoms with E-state index in [4.69, 9.17) is 17.3 Å². The Kier molecular flexibility index (Phi) is 4.42. The van der Waals surface area contributed by atoms with E-state index in [2.05, 4.69) is 15.9 Å².